The van der Waals surface area contributed by atoms with Crippen molar-refractivity contribution in [2.75, 3.05) is 5.43 Å². The Balaban J connectivity index is 2.06. The van der Waals surface area contributed by atoms with E-state index in [0.717, 1.165) is 22.3 Å². The lowest BCUT2D eigenvalue weighted by Gasteiger charge is -2.20. The SMILES string of the molecule is Cc1cc2c(C(N)=O)c3c(n2nc1C)-c1c(C)c(O)cc2ncn(c12)N3. The van der Waals surface area contributed by atoms with Gasteiger partial charge in [-0.3, -0.25) is 10.2 Å². The minimum Gasteiger partial charge on any atom is -0.508 e. The Labute approximate surface area is 147 Å². The second-order valence-electron chi connectivity index (χ2n) is 6.66. The van der Waals surface area contributed by atoms with Crippen LogP contribution in [0.1, 0.15) is 27.2 Å². The van der Waals surface area contributed by atoms with E-state index in [1.54, 1.807) is 21.6 Å². The third-order valence-corrected chi connectivity index (χ3v) is 5.14. The molecule has 1 aliphatic rings. The fourth-order valence-corrected chi connectivity index (χ4v) is 3.70. The molecule has 0 saturated carbocycles. The van der Waals surface area contributed by atoms with Crippen molar-refractivity contribution in [3.8, 4) is 17.0 Å². The number of nitrogens with zero attached hydrogens (tertiary/aromatic N) is 4. The molecule has 4 N–H and O–H groups in total. The molecular weight excluding hydrogens is 332 g/mol. The van der Waals surface area contributed by atoms with Crippen LogP contribution in [-0.4, -0.2) is 30.3 Å². The van der Waals surface area contributed by atoms with Gasteiger partial charge in [0.2, 0.25) is 0 Å². The zero-order valence-corrected chi connectivity index (χ0v) is 14.5. The van der Waals surface area contributed by atoms with E-state index in [4.69, 9.17) is 5.73 Å². The molecule has 0 saturated heterocycles. The molecule has 4 aromatic rings. The van der Waals surface area contributed by atoms with Crippen LogP contribution in [0.3, 0.4) is 0 Å². The number of fused-ring (bicyclic) bond motifs is 4. The summed E-state index contributed by atoms with van der Waals surface area (Å²) < 4.78 is 3.47. The second kappa shape index (κ2) is 4.54. The Bertz CT molecular complexity index is 1280. The van der Waals surface area contributed by atoms with Crippen molar-refractivity contribution in [3.63, 3.8) is 0 Å². The normalized spacial score (nSPS) is 12.4. The molecule has 1 amide bonds. The molecule has 0 bridgehead atoms. The average molecular weight is 348 g/mol. The zero-order chi connectivity index (χ0) is 18.3. The quantitative estimate of drug-likeness (QED) is 0.430. The summed E-state index contributed by atoms with van der Waals surface area (Å²) in [4.78, 5) is 16.6. The lowest BCUT2D eigenvalue weighted by atomic mass is 9.99. The van der Waals surface area contributed by atoms with Gasteiger partial charge in [-0.2, -0.15) is 5.10 Å². The lowest BCUT2D eigenvalue weighted by Crippen LogP contribution is -2.18. The zero-order valence-electron chi connectivity index (χ0n) is 14.5. The summed E-state index contributed by atoms with van der Waals surface area (Å²) in [5, 5.41) is 15.0. The molecule has 8 heteroatoms. The fraction of sp³-hybridized carbons (Fsp3) is 0.167. The van der Waals surface area contributed by atoms with Crippen molar-refractivity contribution in [1.82, 2.24) is 19.3 Å². The van der Waals surface area contributed by atoms with E-state index < -0.39 is 5.91 Å². The minimum atomic E-state index is -0.543. The number of benzene rings is 1. The Kier molecular flexibility index (Phi) is 2.58. The number of nitrogens with two attached hydrogens (primary N) is 1. The van der Waals surface area contributed by atoms with Gasteiger partial charge in [-0.05, 0) is 32.4 Å². The highest BCUT2D eigenvalue weighted by Gasteiger charge is 2.32. The summed E-state index contributed by atoms with van der Waals surface area (Å²) in [6, 6.07) is 3.54. The molecule has 5 rings (SSSR count). The number of anilines is 1. The molecule has 1 aliphatic heterocycles. The first kappa shape index (κ1) is 14.8. The molecule has 0 radical (unpaired) electrons. The highest BCUT2D eigenvalue weighted by molar-refractivity contribution is 6.13. The van der Waals surface area contributed by atoms with Gasteiger partial charge in [0.05, 0.1) is 33.5 Å². The number of nitrogens with one attached hydrogen (secondary N) is 1. The van der Waals surface area contributed by atoms with Crippen LogP contribution < -0.4 is 11.2 Å². The summed E-state index contributed by atoms with van der Waals surface area (Å²) in [6.45, 7) is 5.69. The molecule has 0 unspecified atom stereocenters. The van der Waals surface area contributed by atoms with E-state index in [1.165, 1.54) is 0 Å². The van der Waals surface area contributed by atoms with Gasteiger partial charge >= 0.3 is 0 Å². The first-order chi connectivity index (χ1) is 12.4. The number of primary amides is 1. The molecule has 4 heterocycles. The Morgan fingerprint density at radius 1 is 1.27 bits per heavy atom. The number of hydrogen-bond acceptors (Lipinski definition) is 5. The van der Waals surface area contributed by atoms with Gasteiger partial charge in [0.25, 0.3) is 5.91 Å². The first-order valence-electron chi connectivity index (χ1n) is 8.18. The van der Waals surface area contributed by atoms with Gasteiger partial charge in [0.15, 0.2) is 0 Å². The van der Waals surface area contributed by atoms with Crippen molar-refractivity contribution in [3.05, 3.63) is 40.8 Å². The van der Waals surface area contributed by atoms with E-state index in [9.17, 15) is 9.90 Å². The van der Waals surface area contributed by atoms with Crippen LogP contribution in [0.2, 0.25) is 0 Å². The molecule has 26 heavy (non-hydrogen) atoms. The van der Waals surface area contributed by atoms with Gasteiger partial charge in [-0.1, -0.05) is 0 Å². The van der Waals surface area contributed by atoms with E-state index in [1.807, 2.05) is 26.8 Å². The summed E-state index contributed by atoms with van der Waals surface area (Å²) in [5.74, 6) is -0.399. The standard InChI is InChI=1S/C18H16N6O2/c1-7-4-11-14(18(19)26)15-17(24(11)21-9(7)3)13-8(2)12(25)5-10-16(13)23(22-15)6-20-10/h4-6,22,25H,1-3H3,(H2,19,26). The van der Waals surface area contributed by atoms with E-state index in [2.05, 4.69) is 15.5 Å². The third kappa shape index (κ3) is 1.60. The number of carbonyl (C=O) groups excluding carboxylic acids is 1. The number of rotatable bonds is 1. The number of aryl methyl sites for hydroxylation is 2. The predicted molar refractivity (Wildman–Crippen MR) is 97.3 cm³/mol. The number of phenolic OH excluding ortho intramolecular Hbond substituents is 1. The number of amides is 1. The molecular formula is C18H16N6O2. The number of carbonyl (C=O) groups is 1. The first-order valence-corrected chi connectivity index (χ1v) is 8.18. The molecule has 0 atom stereocenters. The maximum Gasteiger partial charge on any atom is 0.253 e. The van der Waals surface area contributed by atoms with E-state index in [-0.39, 0.29) is 5.75 Å². The number of phenols is 1. The summed E-state index contributed by atoms with van der Waals surface area (Å²) in [6.07, 6.45) is 1.62. The lowest BCUT2D eigenvalue weighted by molar-refractivity contribution is 0.100. The maximum absolute atomic E-state index is 12.3. The monoisotopic (exact) mass is 348 g/mol. The number of aromatic hydroxyl groups is 1. The fourth-order valence-electron chi connectivity index (χ4n) is 3.70. The highest BCUT2D eigenvalue weighted by atomic mass is 16.3. The number of aromatic nitrogens is 4. The topological polar surface area (TPSA) is 110 Å². The molecule has 3 aromatic heterocycles. The third-order valence-electron chi connectivity index (χ3n) is 5.14. The van der Waals surface area contributed by atoms with Crippen LogP contribution in [0.25, 0.3) is 27.8 Å². The summed E-state index contributed by atoms with van der Waals surface area (Å²) in [7, 11) is 0. The van der Waals surface area contributed by atoms with Crippen molar-refractivity contribution < 1.29 is 9.90 Å². The Morgan fingerprint density at radius 2 is 2.04 bits per heavy atom. The largest absolute Gasteiger partial charge is 0.508 e. The van der Waals surface area contributed by atoms with Gasteiger partial charge in [-0.25, -0.2) is 14.2 Å². The van der Waals surface area contributed by atoms with Gasteiger partial charge in [0, 0.05) is 17.2 Å². The second-order valence-corrected chi connectivity index (χ2v) is 6.66. The average Bonchev–Trinajstić information content (AvgIpc) is 3.11. The maximum atomic E-state index is 12.3. The van der Waals surface area contributed by atoms with Gasteiger partial charge in [-0.15, -0.1) is 0 Å². The Morgan fingerprint density at radius 3 is 2.77 bits per heavy atom. The van der Waals surface area contributed by atoms with Crippen LogP contribution in [-0.2, 0) is 0 Å². The van der Waals surface area contributed by atoms with Crippen molar-refractivity contribution in [2.24, 2.45) is 5.73 Å². The molecule has 0 fully saturated rings. The Hall–Kier alpha value is -3.55. The number of hydrogen-bond donors (Lipinski definition) is 3. The minimum absolute atomic E-state index is 0.144. The smallest absolute Gasteiger partial charge is 0.253 e. The van der Waals surface area contributed by atoms with Crippen molar-refractivity contribution in [2.45, 2.75) is 20.8 Å². The van der Waals surface area contributed by atoms with Crippen molar-refractivity contribution >= 4 is 28.1 Å². The van der Waals surface area contributed by atoms with Crippen LogP contribution >= 0.6 is 0 Å². The van der Waals surface area contributed by atoms with Gasteiger partial charge in [0.1, 0.15) is 17.8 Å². The number of imidazole rings is 1. The summed E-state index contributed by atoms with van der Waals surface area (Å²) in [5.41, 5.74) is 15.9. The van der Waals surface area contributed by atoms with Crippen LogP contribution in [0.15, 0.2) is 18.5 Å². The van der Waals surface area contributed by atoms with Crippen molar-refractivity contribution in [1.29, 1.82) is 0 Å². The highest BCUT2D eigenvalue weighted by Crippen LogP contribution is 2.46. The van der Waals surface area contributed by atoms with Crippen LogP contribution in [0, 0.1) is 20.8 Å². The predicted octanol–water partition coefficient (Wildman–Crippen LogP) is 2.27. The van der Waals surface area contributed by atoms with E-state index >= 15 is 0 Å². The van der Waals surface area contributed by atoms with Crippen LogP contribution in [0.4, 0.5) is 5.69 Å². The summed E-state index contributed by atoms with van der Waals surface area (Å²) >= 11 is 0. The van der Waals surface area contributed by atoms with Crippen LogP contribution in [0.5, 0.6) is 5.75 Å². The van der Waals surface area contributed by atoms with E-state index in [0.29, 0.717) is 33.5 Å². The molecule has 1 aromatic carbocycles. The van der Waals surface area contributed by atoms with Gasteiger partial charge < -0.3 is 10.8 Å². The molecule has 130 valence electrons. The molecule has 0 spiro atoms. The molecule has 0 aliphatic carbocycles. The molecule has 8 nitrogen and oxygen atoms in total.